The van der Waals surface area contributed by atoms with Crippen molar-refractivity contribution in [2.45, 2.75) is 100 Å². The average Bonchev–Trinajstić information content (AvgIpc) is 3.46. The van der Waals surface area contributed by atoms with Crippen LogP contribution in [-0.4, -0.2) is 4.21 Å². The van der Waals surface area contributed by atoms with Gasteiger partial charge in [-0.15, -0.1) is 0 Å². The van der Waals surface area contributed by atoms with Gasteiger partial charge in [-0.25, -0.2) is 0 Å². The number of hydrogen-bond donors (Lipinski definition) is 0. The molecule has 0 saturated carbocycles. The van der Waals surface area contributed by atoms with E-state index in [2.05, 4.69) is 162 Å². The maximum absolute atomic E-state index is 5.92. The third kappa shape index (κ3) is 4.66. The predicted molar refractivity (Wildman–Crippen MR) is 201 cm³/mol. The second-order valence-corrected chi connectivity index (χ2v) is 29.4. The molecule has 0 spiro atoms. The molecule has 0 aliphatic heterocycles. The summed E-state index contributed by atoms with van der Waals surface area (Å²) >= 11 is -5.03. The Kier molecular flexibility index (Phi) is 7.77. The zero-order chi connectivity index (χ0) is 33.6. The van der Waals surface area contributed by atoms with Crippen molar-refractivity contribution in [2.75, 3.05) is 0 Å². The summed E-state index contributed by atoms with van der Waals surface area (Å²) in [4.78, 5) is 0. The van der Waals surface area contributed by atoms with Crippen molar-refractivity contribution in [3.05, 3.63) is 132 Å². The Hall–Kier alpha value is -2.89. The van der Waals surface area contributed by atoms with E-state index in [0.717, 1.165) is 6.42 Å². The number of aryl methyl sites for hydroxylation is 2. The second kappa shape index (κ2) is 10.8. The standard InChI is InChI=1S/C21H25.C9H13.2C7H7.CH2.Zr/c1-20(2,3)16-7-9-18-14(12-16)11-15-13-17(21(4,5)6)8-10-19(15)18;1-6-5-7(2)9(4)8(6)3;2*1-7-5-3-2-4-6-7;;/h7-10,12H,11H2,1-6H3;6H,1-4H3;2*3-6H,1H3;1H2;. The second-order valence-electron chi connectivity index (χ2n) is 16.8. The first-order valence-electron chi connectivity index (χ1n) is 17.3. The minimum absolute atomic E-state index is 0.0638. The summed E-state index contributed by atoms with van der Waals surface area (Å²) in [5.74, 6) is 0.325. The molecule has 1 atom stereocenters. The van der Waals surface area contributed by atoms with Gasteiger partial charge in [0.15, 0.2) is 0 Å². The predicted octanol–water partition coefficient (Wildman–Crippen LogP) is 10.1. The summed E-state index contributed by atoms with van der Waals surface area (Å²) in [6, 6.07) is 31.4. The molecule has 1 heteroatoms. The van der Waals surface area contributed by atoms with Gasteiger partial charge in [-0.2, -0.15) is 0 Å². The number of hydrogen-bond acceptors (Lipinski definition) is 0. The normalized spacial score (nSPS) is 17.1. The Balaban J connectivity index is 1.88. The summed E-state index contributed by atoms with van der Waals surface area (Å²) < 4.78 is 12.0. The van der Waals surface area contributed by atoms with E-state index in [1.54, 1.807) is 6.55 Å². The van der Waals surface area contributed by atoms with Crippen LogP contribution in [0.2, 0.25) is 0 Å². The van der Waals surface area contributed by atoms with Gasteiger partial charge in [0.1, 0.15) is 0 Å². The SMILES string of the molecule is [CH2]=[Zr]([C]1=C(C)C(C)=C(C)C1C)([c]1ccc(C)cc1)([c]1ccc(C)cc1)[c]1c(C(C)(C)C)ccc2c1Cc1cc(C(C)(C)C)ccc1-2. The first-order chi connectivity index (χ1) is 21.4. The summed E-state index contributed by atoms with van der Waals surface area (Å²) in [6.07, 6.45) is 0.955. The van der Waals surface area contributed by atoms with E-state index in [-0.39, 0.29) is 10.8 Å². The Morgan fingerprint density at radius 1 is 0.630 bits per heavy atom. The molecule has 4 aromatic carbocycles. The number of allylic oxidation sites excluding steroid dienone is 4. The number of fused-ring (bicyclic) bond motifs is 3. The van der Waals surface area contributed by atoms with E-state index in [0.29, 0.717) is 5.92 Å². The fourth-order valence-electron chi connectivity index (χ4n) is 9.00. The van der Waals surface area contributed by atoms with Crippen molar-refractivity contribution in [1.29, 1.82) is 0 Å². The van der Waals surface area contributed by atoms with Crippen LogP contribution in [0.5, 0.6) is 0 Å². The van der Waals surface area contributed by atoms with E-state index >= 15 is 0 Å². The van der Waals surface area contributed by atoms with Gasteiger partial charge >= 0.3 is 282 Å². The van der Waals surface area contributed by atoms with E-state index < -0.39 is 18.3 Å². The molecule has 2 aliphatic rings. The Bertz CT molecular complexity index is 1960. The molecular weight excluding hydrogens is 632 g/mol. The molecule has 46 heavy (non-hydrogen) atoms. The molecule has 1 unspecified atom stereocenters. The van der Waals surface area contributed by atoms with Crippen LogP contribution in [0.25, 0.3) is 11.1 Å². The van der Waals surface area contributed by atoms with Crippen LogP contribution in [-0.2, 0) is 35.5 Å². The van der Waals surface area contributed by atoms with Crippen LogP contribution in [0.15, 0.2) is 98.9 Å². The fraction of sp³-hybridized carbons (Fsp3) is 0.356. The van der Waals surface area contributed by atoms with E-state index in [9.17, 15) is 0 Å². The summed E-state index contributed by atoms with van der Waals surface area (Å²) in [6.45, 7) is 28.2. The van der Waals surface area contributed by atoms with Crippen LogP contribution < -0.4 is 9.81 Å². The molecule has 6 rings (SSSR count). The zero-order valence-corrected chi connectivity index (χ0v) is 33.0. The zero-order valence-electron chi connectivity index (χ0n) is 30.5. The summed E-state index contributed by atoms with van der Waals surface area (Å²) in [5.41, 5.74) is 15.7. The molecule has 0 radical (unpaired) electrons. The topological polar surface area (TPSA) is 0 Å². The molecular formula is C45H54Zr. The molecule has 0 bridgehead atoms. The van der Waals surface area contributed by atoms with Gasteiger partial charge in [-0.3, -0.25) is 0 Å². The summed E-state index contributed by atoms with van der Waals surface area (Å²) in [7, 11) is 0. The molecule has 0 N–H and O–H groups in total. The fourth-order valence-corrected chi connectivity index (χ4v) is 28.0. The van der Waals surface area contributed by atoms with Crippen LogP contribution in [0, 0.1) is 19.8 Å². The van der Waals surface area contributed by atoms with E-state index in [1.807, 2.05) is 0 Å². The van der Waals surface area contributed by atoms with Crippen LogP contribution in [0.1, 0.15) is 103 Å². The third-order valence-corrected chi connectivity index (χ3v) is 28.8. The van der Waals surface area contributed by atoms with Crippen molar-refractivity contribution in [3.63, 3.8) is 0 Å². The van der Waals surface area contributed by atoms with Crippen LogP contribution in [0.4, 0.5) is 0 Å². The average molecular weight is 686 g/mol. The molecule has 0 aromatic heterocycles. The van der Waals surface area contributed by atoms with Gasteiger partial charge < -0.3 is 0 Å². The van der Waals surface area contributed by atoms with Crippen molar-refractivity contribution >= 4 is 14.0 Å². The van der Waals surface area contributed by atoms with Gasteiger partial charge in [0.2, 0.25) is 0 Å². The van der Waals surface area contributed by atoms with E-state index in [1.165, 1.54) is 67.8 Å². The number of rotatable bonds is 4. The van der Waals surface area contributed by atoms with Gasteiger partial charge in [0, 0.05) is 0 Å². The van der Waals surface area contributed by atoms with Crippen molar-refractivity contribution < 1.29 is 18.3 Å². The molecule has 0 amide bonds. The van der Waals surface area contributed by atoms with Crippen LogP contribution >= 0.6 is 0 Å². The third-order valence-electron chi connectivity index (χ3n) is 11.9. The summed E-state index contributed by atoms with van der Waals surface area (Å²) in [5, 5.41) is 0. The first-order valence-corrected chi connectivity index (χ1v) is 23.9. The molecule has 4 aromatic rings. The van der Waals surface area contributed by atoms with Gasteiger partial charge in [-0.05, 0) is 0 Å². The maximum atomic E-state index is 5.92. The Morgan fingerprint density at radius 2 is 1.15 bits per heavy atom. The number of benzene rings is 4. The van der Waals surface area contributed by atoms with Crippen molar-refractivity contribution in [3.8, 4) is 11.1 Å². The van der Waals surface area contributed by atoms with E-state index in [4.69, 9.17) is 4.21 Å². The van der Waals surface area contributed by atoms with Crippen molar-refractivity contribution in [1.82, 2.24) is 0 Å². The Labute approximate surface area is 280 Å². The Morgan fingerprint density at radius 3 is 1.61 bits per heavy atom. The molecule has 0 nitrogen and oxygen atoms in total. The molecule has 2 aliphatic carbocycles. The molecule has 0 saturated heterocycles. The molecule has 238 valence electrons. The van der Waals surface area contributed by atoms with Crippen molar-refractivity contribution in [2.24, 2.45) is 5.92 Å². The molecule has 0 heterocycles. The first kappa shape index (κ1) is 33.0. The monoisotopic (exact) mass is 684 g/mol. The van der Waals surface area contributed by atoms with Gasteiger partial charge in [-0.1, -0.05) is 0 Å². The van der Waals surface area contributed by atoms with Gasteiger partial charge in [0.05, 0.1) is 0 Å². The van der Waals surface area contributed by atoms with Crippen LogP contribution in [0.3, 0.4) is 0 Å². The quantitative estimate of drug-likeness (QED) is 0.177. The molecule has 0 fully saturated rings. The minimum atomic E-state index is -5.03. The van der Waals surface area contributed by atoms with Gasteiger partial charge in [0.25, 0.3) is 0 Å².